The predicted octanol–water partition coefficient (Wildman–Crippen LogP) is 3.34. The molecule has 0 radical (unpaired) electrons. The van der Waals surface area contributed by atoms with E-state index in [1.54, 1.807) is 6.92 Å². The Balaban J connectivity index is 1.94. The number of aromatic carboxylic acids is 1. The zero-order valence-electron chi connectivity index (χ0n) is 11.7. The molecule has 0 bridgehead atoms. The largest absolute Gasteiger partial charge is 0.475 e. The molecule has 2 unspecified atom stereocenters. The summed E-state index contributed by atoms with van der Waals surface area (Å²) in [5.74, 6) is 0.527. The second-order valence-corrected chi connectivity index (χ2v) is 5.47. The van der Waals surface area contributed by atoms with Crippen LogP contribution in [-0.2, 0) is 6.54 Å². The summed E-state index contributed by atoms with van der Waals surface area (Å²) < 4.78 is 5.37. The normalized spacial score (nSPS) is 23.5. The van der Waals surface area contributed by atoms with Crippen molar-refractivity contribution in [3.8, 4) is 0 Å². The molecule has 1 aromatic rings. The summed E-state index contributed by atoms with van der Waals surface area (Å²) in [6.07, 6.45) is 6.33. The molecule has 1 aliphatic rings. The van der Waals surface area contributed by atoms with Crippen LogP contribution in [0.4, 0.5) is 0 Å². The fraction of sp³-hybridized carbons (Fsp3) is 0.667. The lowest BCUT2D eigenvalue weighted by Gasteiger charge is -2.31. The maximum Gasteiger partial charge on any atom is 0.372 e. The van der Waals surface area contributed by atoms with Gasteiger partial charge >= 0.3 is 5.97 Å². The Morgan fingerprint density at radius 2 is 2.21 bits per heavy atom. The Labute approximate surface area is 114 Å². The monoisotopic (exact) mass is 265 g/mol. The van der Waals surface area contributed by atoms with Crippen LogP contribution < -0.4 is 5.32 Å². The van der Waals surface area contributed by atoms with Crippen molar-refractivity contribution >= 4 is 5.97 Å². The number of carboxylic acids is 1. The van der Waals surface area contributed by atoms with Gasteiger partial charge in [0.25, 0.3) is 0 Å². The molecule has 1 fully saturated rings. The van der Waals surface area contributed by atoms with Crippen molar-refractivity contribution in [3.63, 3.8) is 0 Å². The minimum Gasteiger partial charge on any atom is -0.475 e. The highest BCUT2D eigenvalue weighted by Crippen LogP contribution is 2.27. The second-order valence-electron chi connectivity index (χ2n) is 5.47. The topological polar surface area (TPSA) is 62.5 Å². The van der Waals surface area contributed by atoms with Gasteiger partial charge in [-0.05, 0) is 31.7 Å². The summed E-state index contributed by atoms with van der Waals surface area (Å²) in [5.41, 5.74) is 0.694. The van der Waals surface area contributed by atoms with Crippen molar-refractivity contribution < 1.29 is 14.3 Å². The second kappa shape index (κ2) is 6.24. The third-order valence-electron chi connectivity index (χ3n) is 4.13. The van der Waals surface area contributed by atoms with E-state index in [1.807, 2.05) is 6.07 Å². The van der Waals surface area contributed by atoms with Gasteiger partial charge in [0.2, 0.25) is 5.76 Å². The molecule has 1 aromatic heterocycles. The number of hydrogen-bond acceptors (Lipinski definition) is 3. The maximum absolute atomic E-state index is 10.9. The third kappa shape index (κ3) is 3.38. The molecule has 2 rings (SSSR count). The van der Waals surface area contributed by atoms with Crippen LogP contribution in [0.25, 0.3) is 0 Å². The molecule has 2 N–H and O–H groups in total. The van der Waals surface area contributed by atoms with Crippen molar-refractivity contribution in [2.24, 2.45) is 5.92 Å². The highest BCUT2D eigenvalue weighted by atomic mass is 16.4. The molecule has 4 nitrogen and oxygen atoms in total. The number of furan rings is 1. The van der Waals surface area contributed by atoms with E-state index < -0.39 is 5.97 Å². The van der Waals surface area contributed by atoms with Crippen molar-refractivity contribution in [1.29, 1.82) is 0 Å². The van der Waals surface area contributed by atoms with Gasteiger partial charge in [-0.25, -0.2) is 4.79 Å². The minimum atomic E-state index is -0.993. The van der Waals surface area contributed by atoms with E-state index in [4.69, 9.17) is 9.52 Å². The first-order chi connectivity index (χ1) is 9.11. The van der Waals surface area contributed by atoms with E-state index in [1.165, 1.54) is 32.1 Å². The van der Waals surface area contributed by atoms with Gasteiger partial charge in [-0.2, -0.15) is 0 Å². The number of hydrogen-bond donors (Lipinski definition) is 2. The molecule has 0 aromatic carbocycles. The molecule has 0 saturated heterocycles. The van der Waals surface area contributed by atoms with Crippen molar-refractivity contribution in [1.82, 2.24) is 5.32 Å². The van der Waals surface area contributed by atoms with Crippen LogP contribution in [-0.4, -0.2) is 17.1 Å². The molecular formula is C15H23NO3. The molecule has 0 aliphatic heterocycles. The standard InChI is InChI=1S/C15H23NO3/c1-3-11-6-4-5-7-13(11)16-9-12-8-10(2)14(19-12)15(17)18/h8,11,13,16H,3-7,9H2,1-2H3,(H,17,18). The van der Waals surface area contributed by atoms with Crippen LogP contribution >= 0.6 is 0 Å². The van der Waals surface area contributed by atoms with Crippen LogP contribution in [0.5, 0.6) is 0 Å². The molecule has 0 amide bonds. The number of carbonyl (C=O) groups is 1. The molecule has 1 heterocycles. The summed E-state index contributed by atoms with van der Waals surface area (Å²) in [7, 11) is 0. The van der Waals surface area contributed by atoms with Gasteiger partial charge in [-0.1, -0.05) is 26.2 Å². The van der Waals surface area contributed by atoms with E-state index >= 15 is 0 Å². The number of aryl methyl sites for hydroxylation is 1. The van der Waals surface area contributed by atoms with Gasteiger partial charge in [0.15, 0.2) is 0 Å². The Morgan fingerprint density at radius 3 is 2.84 bits per heavy atom. The zero-order valence-corrected chi connectivity index (χ0v) is 11.7. The zero-order chi connectivity index (χ0) is 13.8. The van der Waals surface area contributed by atoms with E-state index in [2.05, 4.69) is 12.2 Å². The molecule has 1 saturated carbocycles. The SMILES string of the molecule is CCC1CCCCC1NCc1cc(C)c(C(=O)O)o1. The van der Waals surface area contributed by atoms with Gasteiger partial charge in [0.1, 0.15) is 5.76 Å². The maximum atomic E-state index is 10.9. The van der Waals surface area contributed by atoms with Crippen molar-refractivity contribution in [2.45, 2.75) is 58.5 Å². The summed E-state index contributed by atoms with van der Waals surface area (Å²) in [6.45, 7) is 4.63. The first kappa shape index (κ1) is 14.1. The van der Waals surface area contributed by atoms with Crippen LogP contribution in [0.3, 0.4) is 0 Å². The van der Waals surface area contributed by atoms with Crippen molar-refractivity contribution in [2.75, 3.05) is 0 Å². The molecule has 0 spiro atoms. The summed E-state index contributed by atoms with van der Waals surface area (Å²) in [5, 5.41) is 12.5. The lowest BCUT2D eigenvalue weighted by atomic mass is 9.83. The van der Waals surface area contributed by atoms with Crippen molar-refractivity contribution in [3.05, 3.63) is 23.2 Å². The van der Waals surface area contributed by atoms with E-state index in [0.29, 0.717) is 18.2 Å². The summed E-state index contributed by atoms with van der Waals surface area (Å²) >= 11 is 0. The molecule has 19 heavy (non-hydrogen) atoms. The Morgan fingerprint density at radius 1 is 1.47 bits per heavy atom. The summed E-state index contributed by atoms with van der Waals surface area (Å²) in [4.78, 5) is 10.9. The van der Waals surface area contributed by atoms with Gasteiger partial charge in [-0.3, -0.25) is 0 Å². The van der Waals surface area contributed by atoms with Gasteiger partial charge < -0.3 is 14.8 Å². The van der Waals surface area contributed by atoms with Crippen LogP contribution in [0.1, 0.15) is 60.9 Å². The molecule has 4 heteroatoms. The lowest BCUT2D eigenvalue weighted by molar-refractivity contribution is 0.0659. The Bertz CT molecular complexity index is 439. The first-order valence-corrected chi connectivity index (χ1v) is 7.17. The highest BCUT2D eigenvalue weighted by Gasteiger charge is 2.23. The average Bonchev–Trinajstić information content (AvgIpc) is 2.78. The summed E-state index contributed by atoms with van der Waals surface area (Å²) in [6, 6.07) is 2.36. The number of nitrogens with one attached hydrogen (secondary N) is 1. The fourth-order valence-electron chi connectivity index (χ4n) is 3.04. The molecule has 2 atom stereocenters. The van der Waals surface area contributed by atoms with Crippen LogP contribution in [0.15, 0.2) is 10.5 Å². The smallest absolute Gasteiger partial charge is 0.372 e. The predicted molar refractivity (Wildman–Crippen MR) is 73.3 cm³/mol. The van der Waals surface area contributed by atoms with Gasteiger partial charge in [0.05, 0.1) is 6.54 Å². The quantitative estimate of drug-likeness (QED) is 0.857. The number of rotatable bonds is 5. The first-order valence-electron chi connectivity index (χ1n) is 7.17. The number of carboxylic acid groups (broad SMARTS) is 1. The van der Waals surface area contributed by atoms with Crippen LogP contribution in [0.2, 0.25) is 0 Å². The average molecular weight is 265 g/mol. The third-order valence-corrected chi connectivity index (χ3v) is 4.13. The van der Waals surface area contributed by atoms with E-state index in [-0.39, 0.29) is 5.76 Å². The van der Waals surface area contributed by atoms with Crippen LogP contribution in [0, 0.1) is 12.8 Å². The Kier molecular flexibility index (Phi) is 4.64. The van der Waals surface area contributed by atoms with Gasteiger partial charge in [-0.15, -0.1) is 0 Å². The minimum absolute atomic E-state index is 0.0625. The highest BCUT2D eigenvalue weighted by molar-refractivity contribution is 5.86. The van der Waals surface area contributed by atoms with E-state index in [9.17, 15) is 4.79 Å². The lowest BCUT2D eigenvalue weighted by Crippen LogP contribution is -2.37. The Hall–Kier alpha value is -1.29. The fourth-order valence-corrected chi connectivity index (χ4v) is 3.04. The van der Waals surface area contributed by atoms with Gasteiger partial charge in [0, 0.05) is 11.6 Å². The molecular weight excluding hydrogens is 242 g/mol. The molecule has 106 valence electrons. The molecule has 1 aliphatic carbocycles. The van der Waals surface area contributed by atoms with E-state index in [0.717, 1.165) is 11.7 Å².